The Balaban J connectivity index is 1.99. The molecule has 6 nitrogen and oxygen atoms in total. The van der Waals surface area contributed by atoms with Crippen LogP contribution in [-0.4, -0.2) is 29.5 Å². The molecular weight excluding hydrogens is 334 g/mol. The van der Waals surface area contributed by atoms with E-state index in [0.717, 1.165) is 0 Å². The van der Waals surface area contributed by atoms with E-state index in [1.165, 1.54) is 6.92 Å². The van der Waals surface area contributed by atoms with Gasteiger partial charge in [0.25, 0.3) is 5.91 Å². The Hall–Kier alpha value is -3.28. The SMILES string of the molecule is CC[C@@H](OC(C)=O)C(=O)Nc1cccc2c1C(=O)c1ccccc1C2=O. The molecule has 3 rings (SSSR count). The van der Waals surface area contributed by atoms with Crippen molar-refractivity contribution in [3.05, 3.63) is 64.7 Å². The maximum absolute atomic E-state index is 12.9. The van der Waals surface area contributed by atoms with Gasteiger partial charge in [0.2, 0.25) is 0 Å². The van der Waals surface area contributed by atoms with Crippen LogP contribution in [-0.2, 0) is 14.3 Å². The van der Waals surface area contributed by atoms with Crippen LogP contribution >= 0.6 is 0 Å². The Kier molecular flexibility index (Phi) is 4.67. The van der Waals surface area contributed by atoms with Gasteiger partial charge in [-0.25, -0.2) is 0 Å². The average Bonchev–Trinajstić information content (AvgIpc) is 2.63. The van der Waals surface area contributed by atoms with Gasteiger partial charge in [-0.05, 0) is 12.5 Å². The molecular formula is C20H17NO5. The average molecular weight is 351 g/mol. The number of amides is 1. The van der Waals surface area contributed by atoms with E-state index in [9.17, 15) is 19.2 Å². The standard InChI is InChI=1S/C20H17NO5/c1-3-16(26-11(2)22)20(25)21-15-10-6-9-14-17(15)19(24)13-8-5-4-7-12(13)18(14)23/h4-10,16H,3H2,1-2H3,(H,21,25)/t16-/m1/s1. The van der Waals surface area contributed by atoms with E-state index in [1.54, 1.807) is 49.4 Å². The van der Waals surface area contributed by atoms with Gasteiger partial charge in [0.05, 0.1) is 11.3 Å². The number of esters is 1. The Labute approximate surface area is 150 Å². The van der Waals surface area contributed by atoms with Crippen LogP contribution in [0.4, 0.5) is 5.69 Å². The largest absolute Gasteiger partial charge is 0.452 e. The number of fused-ring (bicyclic) bond motifs is 2. The van der Waals surface area contributed by atoms with E-state index in [4.69, 9.17) is 4.74 Å². The van der Waals surface area contributed by atoms with Gasteiger partial charge in [-0.3, -0.25) is 19.2 Å². The molecule has 6 heteroatoms. The van der Waals surface area contributed by atoms with E-state index in [-0.39, 0.29) is 34.8 Å². The minimum absolute atomic E-state index is 0.155. The quantitative estimate of drug-likeness (QED) is 0.730. The number of hydrogen-bond donors (Lipinski definition) is 1. The summed E-state index contributed by atoms with van der Waals surface area (Å²) in [6.07, 6.45) is -0.680. The fourth-order valence-corrected chi connectivity index (χ4v) is 2.99. The van der Waals surface area contributed by atoms with E-state index in [2.05, 4.69) is 5.32 Å². The maximum Gasteiger partial charge on any atom is 0.303 e. The molecule has 26 heavy (non-hydrogen) atoms. The highest BCUT2D eigenvalue weighted by Crippen LogP contribution is 2.32. The van der Waals surface area contributed by atoms with Crippen molar-refractivity contribution in [2.24, 2.45) is 0 Å². The fraction of sp³-hybridized carbons (Fsp3) is 0.200. The van der Waals surface area contributed by atoms with Crippen molar-refractivity contribution in [2.45, 2.75) is 26.4 Å². The first-order chi connectivity index (χ1) is 12.4. The third-order valence-corrected chi connectivity index (χ3v) is 4.18. The summed E-state index contributed by atoms with van der Waals surface area (Å²) in [5.74, 6) is -1.71. The second-order valence-corrected chi connectivity index (χ2v) is 5.93. The van der Waals surface area contributed by atoms with Crippen LogP contribution in [0.25, 0.3) is 0 Å². The first kappa shape index (κ1) is 17.5. The van der Waals surface area contributed by atoms with Gasteiger partial charge in [0.1, 0.15) is 0 Å². The van der Waals surface area contributed by atoms with Crippen LogP contribution < -0.4 is 5.32 Å². The van der Waals surface area contributed by atoms with Gasteiger partial charge in [-0.1, -0.05) is 43.3 Å². The molecule has 2 aromatic carbocycles. The zero-order valence-corrected chi connectivity index (χ0v) is 14.4. The van der Waals surface area contributed by atoms with Crippen molar-refractivity contribution in [1.82, 2.24) is 0 Å². The summed E-state index contributed by atoms with van der Waals surface area (Å²) >= 11 is 0. The van der Waals surface area contributed by atoms with Gasteiger partial charge in [-0.2, -0.15) is 0 Å². The number of carbonyl (C=O) groups excluding carboxylic acids is 4. The number of benzene rings is 2. The number of ether oxygens (including phenoxy) is 1. The Morgan fingerprint density at radius 1 is 0.962 bits per heavy atom. The topological polar surface area (TPSA) is 89.5 Å². The molecule has 0 unspecified atom stereocenters. The normalized spacial score (nSPS) is 13.5. The Bertz CT molecular complexity index is 932. The van der Waals surface area contributed by atoms with Crippen LogP contribution in [0.15, 0.2) is 42.5 Å². The summed E-state index contributed by atoms with van der Waals surface area (Å²) in [5, 5.41) is 2.62. The second kappa shape index (κ2) is 6.92. The van der Waals surface area contributed by atoms with Gasteiger partial charge in [0.15, 0.2) is 17.7 Å². The van der Waals surface area contributed by atoms with Crippen LogP contribution in [0.3, 0.4) is 0 Å². The summed E-state index contributed by atoms with van der Waals surface area (Å²) < 4.78 is 4.98. The van der Waals surface area contributed by atoms with Gasteiger partial charge in [0, 0.05) is 23.6 Å². The number of anilines is 1. The van der Waals surface area contributed by atoms with Crippen molar-refractivity contribution in [1.29, 1.82) is 0 Å². The summed E-state index contributed by atoms with van der Waals surface area (Å²) in [7, 11) is 0. The van der Waals surface area contributed by atoms with Crippen LogP contribution in [0.5, 0.6) is 0 Å². The Morgan fingerprint density at radius 3 is 2.19 bits per heavy atom. The Morgan fingerprint density at radius 2 is 1.58 bits per heavy atom. The zero-order valence-electron chi connectivity index (χ0n) is 14.4. The molecule has 1 amide bonds. The molecule has 2 aromatic rings. The van der Waals surface area contributed by atoms with Gasteiger partial charge >= 0.3 is 5.97 Å². The molecule has 0 heterocycles. The highest BCUT2D eigenvalue weighted by molar-refractivity contribution is 6.30. The van der Waals surface area contributed by atoms with Crippen molar-refractivity contribution in [3.63, 3.8) is 0 Å². The van der Waals surface area contributed by atoms with Crippen LogP contribution in [0, 0.1) is 0 Å². The molecule has 0 saturated heterocycles. The van der Waals surface area contributed by atoms with Crippen molar-refractivity contribution >= 4 is 29.1 Å². The number of nitrogens with one attached hydrogen (secondary N) is 1. The molecule has 132 valence electrons. The number of rotatable bonds is 4. The lowest BCUT2D eigenvalue weighted by Crippen LogP contribution is -2.32. The highest BCUT2D eigenvalue weighted by Gasteiger charge is 2.32. The third-order valence-electron chi connectivity index (χ3n) is 4.18. The molecule has 1 N–H and O–H groups in total. The van der Waals surface area contributed by atoms with Gasteiger partial charge < -0.3 is 10.1 Å². The summed E-state index contributed by atoms with van der Waals surface area (Å²) in [5.41, 5.74) is 1.28. The minimum Gasteiger partial charge on any atom is -0.452 e. The van der Waals surface area contributed by atoms with E-state index < -0.39 is 18.0 Å². The molecule has 0 aromatic heterocycles. The lowest BCUT2D eigenvalue weighted by Gasteiger charge is -2.21. The molecule has 1 atom stereocenters. The van der Waals surface area contributed by atoms with E-state index in [0.29, 0.717) is 11.1 Å². The fourth-order valence-electron chi connectivity index (χ4n) is 2.99. The molecule has 0 radical (unpaired) electrons. The maximum atomic E-state index is 12.9. The molecule has 1 aliphatic carbocycles. The smallest absolute Gasteiger partial charge is 0.303 e. The molecule has 0 saturated carbocycles. The number of carbonyl (C=O) groups is 4. The lowest BCUT2D eigenvalue weighted by atomic mass is 9.83. The summed E-state index contributed by atoms with van der Waals surface area (Å²) in [4.78, 5) is 49.1. The molecule has 0 fully saturated rings. The molecule has 1 aliphatic rings. The number of ketones is 2. The third kappa shape index (κ3) is 3.01. The monoisotopic (exact) mass is 351 g/mol. The molecule has 0 aliphatic heterocycles. The van der Waals surface area contributed by atoms with Crippen molar-refractivity contribution in [2.75, 3.05) is 5.32 Å². The summed E-state index contributed by atoms with van der Waals surface area (Å²) in [6.45, 7) is 2.93. The van der Waals surface area contributed by atoms with E-state index in [1.807, 2.05) is 0 Å². The van der Waals surface area contributed by atoms with Crippen molar-refractivity contribution < 1.29 is 23.9 Å². The highest BCUT2D eigenvalue weighted by atomic mass is 16.5. The lowest BCUT2D eigenvalue weighted by molar-refractivity contribution is -0.152. The van der Waals surface area contributed by atoms with E-state index >= 15 is 0 Å². The zero-order chi connectivity index (χ0) is 18.8. The predicted molar refractivity (Wildman–Crippen MR) is 94.2 cm³/mol. The predicted octanol–water partition coefficient (Wildman–Crippen LogP) is 2.74. The molecule has 0 bridgehead atoms. The van der Waals surface area contributed by atoms with Crippen LogP contribution in [0.2, 0.25) is 0 Å². The van der Waals surface area contributed by atoms with Crippen molar-refractivity contribution in [3.8, 4) is 0 Å². The van der Waals surface area contributed by atoms with Gasteiger partial charge in [-0.15, -0.1) is 0 Å². The number of hydrogen-bond acceptors (Lipinski definition) is 5. The molecule has 0 spiro atoms. The van der Waals surface area contributed by atoms with Crippen LogP contribution in [0.1, 0.15) is 52.1 Å². The summed E-state index contributed by atoms with van der Waals surface area (Å²) in [6, 6.07) is 11.3. The first-order valence-electron chi connectivity index (χ1n) is 8.23. The first-order valence-corrected chi connectivity index (χ1v) is 8.23. The second-order valence-electron chi connectivity index (χ2n) is 5.93. The minimum atomic E-state index is -0.968.